The van der Waals surface area contributed by atoms with Crippen LogP contribution < -0.4 is 10.5 Å². The molecule has 1 atom stereocenters. The number of rotatable bonds is 4. The van der Waals surface area contributed by atoms with Gasteiger partial charge in [-0.1, -0.05) is 18.5 Å². The molecule has 2 nitrogen and oxygen atoms in total. The zero-order valence-corrected chi connectivity index (χ0v) is 10.9. The maximum absolute atomic E-state index is 12.6. The average Bonchev–Trinajstić information content (AvgIpc) is 2.26. The Morgan fingerprint density at radius 1 is 1.39 bits per heavy atom. The van der Waals surface area contributed by atoms with Crippen molar-refractivity contribution in [1.82, 2.24) is 0 Å². The summed E-state index contributed by atoms with van der Waals surface area (Å²) in [5.41, 5.74) is 5.20. The molecule has 18 heavy (non-hydrogen) atoms. The van der Waals surface area contributed by atoms with Gasteiger partial charge in [-0.25, -0.2) is 0 Å². The van der Waals surface area contributed by atoms with Crippen molar-refractivity contribution in [3.63, 3.8) is 0 Å². The summed E-state index contributed by atoms with van der Waals surface area (Å²) in [4.78, 5) is 0. The second kappa shape index (κ2) is 5.80. The molecule has 0 heterocycles. The van der Waals surface area contributed by atoms with E-state index in [-0.39, 0.29) is 16.7 Å². The van der Waals surface area contributed by atoms with Crippen LogP contribution in [0.4, 0.5) is 13.2 Å². The number of nitrogens with two attached hydrogens (primary N) is 1. The lowest BCUT2D eigenvalue weighted by Gasteiger charge is -2.19. The zero-order chi connectivity index (χ0) is 13.9. The summed E-state index contributed by atoms with van der Waals surface area (Å²) in [5.74, 6) is 0.0931. The predicted molar refractivity (Wildman–Crippen MR) is 65.1 cm³/mol. The third-order valence-electron chi connectivity index (χ3n) is 2.73. The highest BCUT2D eigenvalue weighted by atomic mass is 35.5. The number of hydrogen-bond donors (Lipinski definition) is 1. The van der Waals surface area contributed by atoms with Crippen LogP contribution >= 0.6 is 11.6 Å². The molecular formula is C12H15ClF3NO. The second-order valence-corrected chi connectivity index (χ2v) is 4.46. The van der Waals surface area contributed by atoms with Gasteiger partial charge in [0.25, 0.3) is 0 Å². The lowest BCUT2D eigenvalue weighted by Crippen LogP contribution is -2.10. The zero-order valence-electron chi connectivity index (χ0n) is 10.1. The van der Waals surface area contributed by atoms with E-state index < -0.39 is 11.7 Å². The first-order valence-corrected chi connectivity index (χ1v) is 5.83. The molecule has 2 N–H and O–H groups in total. The largest absolute Gasteiger partial charge is 0.496 e. The topological polar surface area (TPSA) is 35.2 Å². The highest BCUT2D eigenvalue weighted by Gasteiger charge is 2.32. The summed E-state index contributed by atoms with van der Waals surface area (Å²) in [5, 5.41) is 0.0580. The molecule has 1 aromatic rings. The molecule has 0 bridgehead atoms. The fraction of sp³-hybridized carbons (Fsp3) is 0.500. The first-order valence-electron chi connectivity index (χ1n) is 5.46. The van der Waals surface area contributed by atoms with E-state index in [0.29, 0.717) is 18.5 Å². The minimum Gasteiger partial charge on any atom is -0.496 e. The molecule has 6 heteroatoms. The number of methoxy groups -OCH3 is 1. The Kier molecular flexibility index (Phi) is 4.87. The molecule has 0 spiro atoms. The molecule has 102 valence electrons. The number of hydrogen-bond acceptors (Lipinski definition) is 2. The first kappa shape index (κ1) is 15.1. The maximum atomic E-state index is 12.6. The standard InChI is InChI=1S/C12H15ClF3NO/c1-7(3-4-17)11-9(13)5-8(12(14,15)16)6-10(11)18-2/h5-7H,3-4,17H2,1-2H3. The number of alkyl halides is 3. The summed E-state index contributed by atoms with van der Waals surface area (Å²) in [6.07, 6.45) is -3.81. The van der Waals surface area contributed by atoms with Gasteiger partial charge in [0.1, 0.15) is 5.75 Å². The number of benzene rings is 1. The molecule has 0 aliphatic carbocycles. The Hall–Kier alpha value is -0.940. The Morgan fingerprint density at radius 3 is 2.44 bits per heavy atom. The fourth-order valence-corrected chi connectivity index (χ4v) is 2.19. The summed E-state index contributed by atoms with van der Waals surface area (Å²) in [6, 6.07) is 1.89. The van der Waals surface area contributed by atoms with Crippen molar-refractivity contribution in [2.45, 2.75) is 25.4 Å². The molecular weight excluding hydrogens is 267 g/mol. The van der Waals surface area contributed by atoms with Crippen molar-refractivity contribution in [3.05, 3.63) is 28.3 Å². The van der Waals surface area contributed by atoms with Gasteiger partial charge in [-0.05, 0) is 31.0 Å². The van der Waals surface area contributed by atoms with Gasteiger partial charge in [0, 0.05) is 10.6 Å². The van der Waals surface area contributed by atoms with Gasteiger partial charge in [-0.3, -0.25) is 0 Å². The van der Waals surface area contributed by atoms with Crippen LogP contribution in [0.3, 0.4) is 0 Å². The van der Waals surface area contributed by atoms with Crippen molar-refractivity contribution >= 4 is 11.6 Å². The smallest absolute Gasteiger partial charge is 0.416 e. The Morgan fingerprint density at radius 2 is 2.00 bits per heavy atom. The summed E-state index contributed by atoms with van der Waals surface area (Å²) in [7, 11) is 1.32. The van der Waals surface area contributed by atoms with E-state index >= 15 is 0 Å². The van der Waals surface area contributed by atoms with E-state index in [1.54, 1.807) is 0 Å². The number of halogens is 4. The Balaban J connectivity index is 3.28. The highest BCUT2D eigenvalue weighted by molar-refractivity contribution is 6.31. The van der Waals surface area contributed by atoms with E-state index in [2.05, 4.69) is 0 Å². The van der Waals surface area contributed by atoms with Gasteiger partial charge in [-0.15, -0.1) is 0 Å². The van der Waals surface area contributed by atoms with E-state index in [9.17, 15) is 13.2 Å². The van der Waals surface area contributed by atoms with Gasteiger partial charge in [-0.2, -0.15) is 13.2 Å². The van der Waals surface area contributed by atoms with E-state index in [0.717, 1.165) is 12.1 Å². The quantitative estimate of drug-likeness (QED) is 0.910. The van der Waals surface area contributed by atoms with Crippen molar-refractivity contribution in [2.24, 2.45) is 5.73 Å². The molecule has 0 saturated heterocycles. The summed E-state index contributed by atoms with van der Waals surface area (Å²) >= 11 is 5.93. The summed E-state index contributed by atoms with van der Waals surface area (Å²) < 4.78 is 42.9. The normalized spacial score (nSPS) is 13.5. The van der Waals surface area contributed by atoms with Crippen LogP contribution in [-0.4, -0.2) is 13.7 Å². The Bertz CT molecular complexity index is 421. The molecule has 0 saturated carbocycles. The minimum absolute atomic E-state index is 0.0558. The third-order valence-corrected chi connectivity index (χ3v) is 3.04. The maximum Gasteiger partial charge on any atom is 0.416 e. The van der Waals surface area contributed by atoms with E-state index in [1.807, 2.05) is 6.92 Å². The van der Waals surface area contributed by atoms with Crippen LogP contribution in [0.25, 0.3) is 0 Å². The highest BCUT2D eigenvalue weighted by Crippen LogP contribution is 2.40. The van der Waals surface area contributed by atoms with Crippen molar-refractivity contribution < 1.29 is 17.9 Å². The van der Waals surface area contributed by atoms with E-state index in [4.69, 9.17) is 22.1 Å². The van der Waals surface area contributed by atoms with Crippen LogP contribution in [0, 0.1) is 0 Å². The molecule has 0 amide bonds. The third kappa shape index (κ3) is 3.29. The monoisotopic (exact) mass is 281 g/mol. The van der Waals surface area contributed by atoms with Gasteiger partial charge < -0.3 is 10.5 Å². The van der Waals surface area contributed by atoms with Crippen molar-refractivity contribution in [1.29, 1.82) is 0 Å². The molecule has 1 unspecified atom stereocenters. The van der Waals surface area contributed by atoms with Crippen LogP contribution in [-0.2, 0) is 6.18 Å². The van der Waals surface area contributed by atoms with Crippen LogP contribution in [0.2, 0.25) is 5.02 Å². The lowest BCUT2D eigenvalue weighted by atomic mass is 9.95. The average molecular weight is 282 g/mol. The minimum atomic E-state index is -4.44. The Labute approximate surface area is 109 Å². The van der Waals surface area contributed by atoms with Crippen LogP contribution in [0.5, 0.6) is 5.75 Å². The molecule has 0 aliphatic rings. The second-order valence-electron chi connectivity index (χ2n) is 4.05. The lowest BCUT2D eigenvalue weighted by molar-refractivity contribution is -0.137. The van der Waals surface area contributed by atoms with Crippen molar-refractivity contribution in [3.8, 4) is 5.75 Å². The molecule has 0 fully saturated rings. The molecule has 0 aromatic heterocycles. The first-order chi connectivity index (χ1) is 8.31. The molecule has 0 aliphatic heterocycles. The molecule has 1 aromatic carbocycles. The van der Waals surface area contributed by atoms with Gasteiger partial charge >= 0.3 is 6.18 Å². The van der Waals surface area contributed by atoms with Crippen molar-refractivity contribution in [2.75, 3.05) is 13.7 Å². The number of ether oxygens (including phenoxy) is 1. The molecule has 0 radical (unpaired) electrons. The van der Waals surface area contributed by atoms with E-state index in [1.165, 1.54) is 7.11 Å². The SMILES string of the molecule is COc1cc(C(F)(F)F)cc(Cl)c1C(C)CCN. The van der Waals surface area contributed by atoms with Crippen LogP contribution in [0.15, 0.2) is 12.1 Å². The predicted octanol–water partition coefficient (Wildman–Crippen LogP) is 3.82. The van der Waals surface area contributed by atoms with Gasteiger partial charge in [0.2, 0.25) is 0 Å². The van der Waals surface area contributed by atoms with Gasteiger partial charge in [0.15, 0.2) is 0 Å². The van der Waals surface area contributed by atoms with Gasteiger partial charge in [0.05, 0.1) is 12.7 Å². The molecule has 1 rings (SSSR count). The summed E-state index contributed by atoms with van der Waals surface area (Å²) in [6.45, 7) is 2.28. The fourth-order valence-electron chi connectivity index (χ4n) is 1.80. The van der Waals surface area contributed by atoms with Crippen LogP contribution in [0.1, 0.15) is 30.4 Å².